The first kappa shape index (κ1) is 12.5. The average molecular weight is 267 g/mol. The van der Waals surface area contributed by atoms with Gasteiger partial charge in [0.05, 0.1) is 0 Å². The molecule has 1 aromatic heterocycles. The topological polar surface area (TPSA) is 39.1 Å². The molecule has 0 bridgehead atoms. The Morgan fingerprint density at radius 2 is 2.44 bits per heavy atom. The second kappa shape index (κ2) is 5.63. The molecule has 3 atom stereocenters. The molecule has 2 saturated heterocycles. The number of nitrogens with one attached hydrogen (secondary N) is 1. The van der Waals surface area contributed by atoms with Crippen LogP contribution >= 0.6 is 11.8 Å². The highest BCUT2D eigenvalue weighted by atomic mass is 32.2. The molecule has 2 fully saturated rings. The van der Waals surface area contributed by atoms with Gasteiger partial charge in [0.2, 0.25) is 0 Å². The second-order valence-corrected chi connectivity index (χ2v) is 6.31. The Hall–Kier alpha value is -0.520. The number of rotatable bonds is 3. The molecule has 0 saturated carbocycles. The minimum Gasteiger partial charge on any atom is -0.369 e. The van der Waals surface area contributed by atoms with Gasteiger partial charge in [0.15, 0.2) is 0 Å². The maximum atomic E-state index is 5.97. The van der Waals surface area contributed by atoms with E-state index in [0.29, 0.717) is 12.1 Å². The van der Waals surface area contributed by atoms with Gasteiger partial charge in [-0.1, -0.05) is 0 Å². The van der Waals surface area contributed by atoms with Crippen molar-refractivity contribution in [2.24, 2.45) is 7.05 Å². The molecular formula is C13H21N3OS. The van der Waals surface area contributed by atoms with Crippen LogP contribution in [0.5, 0.6) is 0 Å². The van der Waals surface area contributed by atoms with E-state index in [9.17, 15) is 0 Å². The van der Waals surface area contributed by atoms with Gasteiger partial charge in [0.1, 0.15) is 11.9 Å². The van der Waals surface area contributed by atoms with E-state index in [1.165, 1.54) is 24.3 Å². The third-order valence-corrected chi connectivity index (χ3v) is 4.98. The zero-order valence-corrected chi connectivity index (χ0v) is 11.7. The number of thioether (sulfide) groups is 1. The van der Waals surface area contributed by atoms with Crippen LogP contribution in [0.2, 0.25) is 0 Å². The molecule has 3 rings (SSSR count). The van der Waals surface area contributed by atoms with Crippen molar-refractivity contribution in [3.8, 4) is 0 Å². The fraction of sp³-hybridized carbons (Fsp3) is 0.769. The largest absolute Gasteiger partial charge is 0.369 e. The average Bonchev–Trinajstić information content (AvgIpc) is 3.02. The molecule has 0 amide bonds. The molecule has 0 aromatic carbocycles. The molecule has 4 nitrogen and oxygen atoms in total. The Bertz CT molecular complexity index is 389. The van der Waals surface area contributed by atoms with Crippen LogP contribution in [0.3, 0.4) is 0 Å². The summed E-state index contributed by atoms with van der Waals surface area (Å²) in [5.74, 6) is 3.58. The lowest BCUT2D eigenvalue weighted by Crippen LogP contribution is -2.45. The van der Waals surface area contributed by atoms with E-state index in [4.69, 9.17) is 4.74 Å². The highest BCUT2D eigenvalue weighted by Gasteiger charge is 2.32. The van der Waals surface area contributed by atoms with Crippen LogP contribution in [-0.4, -0.2) is 39.7 Å². The zero-order valence-electron chi connectivity index (χ0n) is 10.8. The molecule has 100 valence electrons. The molecule has 5 heteroatoms. The molecule has 2 aliphatic heterocycles. The van der Waals surface area contributed by atoms with Gasteiger partial charge in [-0.15, -0.1) is 0 Å². The Balaban J connectivity index is 1.71. The summed E-state index contributed by atoms with van der Waals surface area (Å²) < 4.78 is 8.05. The van der Waals surface area contributed by atoms with Crippen molar-refractivity contribution in [3.63, 3.8) is 0 Å². The van der Waals surface area contributed by atoms with Gasteiger partial charge in [-0.05, 0) is 25.0 Å². The molecule has 0 unspecified atom stereocenters. The first-order valence-electron chi connectivity index (χ1n) is 6.77. The van der Waals surface area contributed by atoms with E-state index >= 15 is 0 Å². The summed E-state index contributed by atoms with van der Waals surface area (Å²) in [6.07, 6.45) is 7.60. The summed E-state index contributed by atoms with van der Waals surface area (Å²) in [5.41, 5.74) is 0. The van der Waals surface area contributed by atoms with Crippen molar-refractivity contribution in [2.75, 3.05) is 18.1 Å². The summed E-state index contributed by atoms with van der Waals surface area (Å²) >= 11 is 2.05. The molecule has 0 spiro atoms. The van der Waals surface area contributed by atoms with E-state index in [1.54, 1.807) is 0 Å². The molecule has 0 radical (unpaired) electrons. The first-order valence-corrected chi connectivity index (χ1v) is 7.92. The molecule has 0 aliphatic carbocycles. The van der Waals surface area contributed by atoms with Crippen LogP contribution in [0.15, 0.2) is 12.4 Å². The predicted octanol–water partition coefficient (Wildman–Crippen LogP) is 1.74. The van der Waals surface area contributed by atoms with Crippen LogP contribution < -0.4 is 5.32 Å². The summed E-state index contributed by atoms with van der Waals surface area (Å²) in [7, 11) is 2.04. The fourth-order valence-corrected chi connectivity index (χ4v) is 3.99. The number of aromatic nitrogens is 2. The Labute approximate surface area is 112 Å². The Morgan fingerprint density at radius 1 is 1.50 bits per heavy atom. The van der Waals surface area contributed by atoms with Crippen LogP contribution in [0, 0.1) is 0 Å². The third kappa shape index (κ3) is 2.58. The highest BCUT2D eigenvalue weighted by molar-refractivity contribution is 7.99. The lowest BCUT2D eigenvalue weighted by Gasteiger charge is -2.33. The number of hydrogen-bond acceptors (Lipinski definition) is 4. The molecular weight excluding hydrogens is 246 g/mol. The van der Waals surface area contributed by atoms with Gasteiger partial charge in [0, 0.05) is 43.9 Å². The van der Waals surface area contributed by atoms with E-state index in [0.717, 1.165) is 18.9 Å². The van der Waals surface area contributed by atoms with Crippen molar-refractivity contribution in [1.82, 2.24) is 14.9 Å². The molecule has 3 heterocycles. The van der Waals surface area contributed by atoms with Crippen LogP contribution in [0.4, 0.5) is 0 Å². The lowest BCUT2D eigenvalue weighted by atomic mass is 10.0. The monoisotopic (exact) mass is 267 g/mol. The van der Waals surface area contributed by atoms with Crippen LogP contribution in [0.25, 0.3) is 0 Å². The van der Waals surface area contributed by atoms with E-state index in [1.807, 2.05) is 31.2 Å². The number of aryl methyl sites for hydroxylation is 1. The van der Waals surface area contributed by atoms with Crippen molar-refractivity contribution < 1.29 is 4.74 Å². The van der Waals surface area contributed by atoms with E-state index in [2.05, 4.69) is 14.9 Å². The van der Waals surface area contributed by atoms with Crippen molar-refractivity contribution in [3.05, 3.63) is 18.2 Å². The third-order valence-electron chi connectivity index (χ3n) is 3.81. The second-order valence-electron chi connectivity index (χ2n) is 5.16. The van der Waals surface area contributed by atoms with Gasteiger partial charge in [-0.2, -0.15) is 11.8 Å². The zero-order chi connectivity index (χ0) is 12.4. The first-order chi connectivity index (χ1) is 8.84. The smallest absolute Gasteiger partial charge is 0.139 e. The maximum absolute atomic E-state index is 5.97. The van der Waals surface area contributed by atoms with Gasteiger partial charge < -0.3 is 14.6 Å². The van der Waals surface area contributed by atoms with E-state index in [-0.39, 0.29) is 6.10 Å². The Kier molecular flexibility index (Phi) is 3.91. The fourth-order valence-electron chi connectivity index (χ4n) is 2.83. The molecule has 2 aliphatic rings. The van der Waals surface area contributed by atoms with Gasteiger partial charge in [0.25, 0.3) is 0 Å². The van der Waals surface area contributed by atoms with E-state index < -0.39 is 0 Å². The van der Waals surface area contributed by atoms with Crippen molar-refractivity contribution in [1.29, 1.82) is 0 Å². The summed E-state index contributed by atoms with van der Waals surface area (Å²) in [4.78, 5) is 4.46. The minimum absolute atomic E-state index is 0.115. The van der Waals surface area contributed by atoms with Gasteiger partial charge in [-0.3, -0.25) is 0 Å². The minimum atomic E-state index is 0.115. The number of ether oxygens (including phenoxy) is 1. The molecule has 1 N–H and O–H groups in total. The summed E-state index contributed by atoms with van der Waals surface area (Å²) in [5, 5.41) is 3.78. The van der Waals surface area contributed by atoms with Crippen molar-refractivity contribution in [2.45, 2.75) is 37.5 Å². The molecule has 1 aromatic rings. The summed E-state index contributed by atoms with van der Waals surface area (Å²) in [6, 6.07) is 1.08. The predicted molar refractivity (Wildman–Crippen MR) is 73.8 cm³/mol. The van der Waals surface area contributed by atoms with Crippen LogP contribution in [-0.2, 0) is 11.8 Å². The Morgan fingerprint density at radius 3 is 3.17 bits per heavy atom. The lowest BCUT2D eigenvalue weighted by molar-refractivity contribution is -0.0196. The SMILES string of the molecule is Cn1ccnc1[C@H]1OCCC[C@@H]1N[C@H]1CCSC1. The molecule has 18 heavy (non-hydrogen) atoms. The summed E-state index contributed by atoms with van der Waals surface area (Å²) in [6.45, 7) is 0.856. The standard InChI is InChI=1S/C13H21N3OS/c1-16-6-5-14-13(16)12-11(3-2-7-17-12)15-10-4-8-18-9-10/h5-6,10-12,15H,2-4,7-9H2,1H3/t10-,11-,12-/m0/s1. The number of nitrogens with zero attached hydrogens (tertiary/aromatic N) is 2. The van der Waals surface area contributed by atoms with Gasteiger partial charge >= 0.3 is 0 Å². The maximum Gasteiger partial charge on any atom is 0.139 e. The highest BCUT2D eigenvalue weighted by Crippen LogP contribution is 2.29. The normalized spacial score (nSPS) is 32.8. The van der Waals surface area contributed by atoms with Crippen molar-refractivity contribution >= 4 is 11.8 Å². The number of imidazole rings is 1. The number of hydrogen-bond donors (Lipinski definition) is 1. The van der Waals surface area contributed by atoms with Crippen LogP contribution in [0.1, 0.15) is 31.2 Å². The van der Waals surface area contributed by atoms with Gasteiger partial charge in [-0.25, -0.2) is 4.98 Å². The quantitative estimate of drug-likeness (QED) is 0.905.